The predicted octanol–water partition coefficient (Wildman–Crippen LogP) is 5.00. The highest BCUT2D eigenvalue weighted by atomic mass is 79.9. The third kappa shape index (κ3) is 1.29. The first kappa shape index (κ1) is 9.25. The standard InChI is InChI=1S/C12H6BrClO/c13-7-3-1-5-9-11(7)12-8(14)4-2-6-10(12)15-9/h1-6H. The summed E-state index contributed by atoms with van der Waals surface area (Å²) in [4.78, 5) is 0. The molecule has 1 nitrogen and oxygen atoms in total. The highest BCUT2D eigenvalue weighted by Gasteiger charge is 2.11. The van der Waals surface area contributed by atoms with Crippen LogP contribution < -0.4 is 0 Å². The van der Waals surface area contributed by atoms with E-state index in [1.54, 1.807) is 0 Å². The van der Waals surface area contributed by atoms with E-state index in [0.717, 1.165) is 31.4 Å². The molecule has 1 aromatic heterocycles. The summed E-state index contributed by atoms with van der Waals surface area (Å²) >= 11 is 9.68. The Labute approximate surface area is 99.8 Å². The largest absolute Gasteiger partial charge is 0.456 e. The van der Waals surface area contributed by atoms with Gasteiger partial charge < -0.3 is 4.42 Å². The maximum absolute atomic E-state index is 6.17. The van der Waals surface area contributed by atoms with E-state index in [9.17, 15) is 0 Å². The molecule has 74 valence electrons. The Bertz CT molecular complexity index is 601. The zero-order chi connectivity index (χ0) is 10.4. The number of halogens is 2. The van der Waals surface area contributed by atoms with E-state index in [-0.39, 0.29) is 0 Å². The van der Waals surface area contributed by atoms with Crippen molar-refractivity contribution in [1.29, 1.82) is 0 Å². The molecule has 3 aromatic rings. The van der Waals surface area contributed by atoms with Crippen LogP contribution in [0.25, 0.3) is 21.9 Å². The van der Waals surface area contributed by atoms with Crippen molar-refractivity contribution in [2.24, 2.45) is 0 Å². The van der Waals surface area contributed by atoms with Gasteiger partial charge in [-0.05, 0) is 24.3 Å². The van der Waals surface area contributed by atoms with E-state index < -0.39 is 0 Å². The van der Waals surface area contributed by atoms with Crippen LogP contribution in [0.3, 0.4) is 0 Å². The van der Waals surface area contributed by atoms with E-state index in [1.165, 1.54) is 0 Å². The molecule has 3 rings (SSSR count). The zero-order valence-electron chi connectivity index (χ0n) is 7.63. The second-order valence-electron chi connectivity index (χ2n) is 3.33. The molecule has 0 atom stereocenters. The van der Waals surface area contributed by atoms with E-state index in [0.29, 0.717) is 0 Å². The van der Waals surface area contributed by atoms with Gasteiger partial charge in [-0.2, -0.15) is 0 Å². The minimum Gasteiger partial charge on any atom is -0.456 e. The molecule has 0 bridgehead atoms. The Hall–Kier alpha value is -0.990. The number of fused-ring (bicyclic) bond motifs is 3. The maximum atomic E-state index is 6.17. The molecule has 15 heavy (non-hydrogen) atoms. The number of rotatable bonds is 0. The molecular formula is C12H6BrClO. The van der Waals surface area contributed by atoms with Gasteiger partial charge in [0.05, 0.1) is 5.02 Å². The third-order valence-electron chi connectivity index (χ3n) is 2.42. The lowest BCUT2D eigenvalue weighted by molar-refractivity contribution is 0.669. The molecule has 3 heteroatoms. The highest BCUT2D eigenvalue weighted by molar-refractivity contribution is 9.10. The third-order valence-corrected chi connectivity index (χ3v) is 3.40. The molecule has 0 fully saturated rings. The number of hydrogen-bond donors (Lipinski definition) is 0. The number of benzene rings is 2. The molecule has 2 aromatic carbocycles. The van der Waals surface area contributed by atoms with Gasteiger partial charge in [0.2, 0.25) is 0 Å². The molecule has 1 heterocycles. The van der Waals surface area contributed by atoms with Crippen LogP contribution in [0, 0.1) is 0 Å². The molecule has 0 saturated carbocycles. The first-order valence-corrected chi connectivity index (χ1v) is 5.70. The fourth-order valence-corrected chi connectivity index (χ4v) is 2.59. The smallest absolute Gasteiger partial charge is 0.136 e. The lowest BCUT2D eigenvalue weighted by Crippen LogP contribution is -1.70. The van der Waals surface area contributed by atoms with E-state index in [4.69, 9.17) is 16.0 Å². The van der Waals surface area contributed by atoms with E-state index >= 15 is 0 Å². The average molecular weight is 282 g/mol. The summed E-state index contributed by atoms with van der Waals surface area (Å²) in [5.41, 5.74) is 1.68. The zero-order valence-corrected chi connectivity index (χ0v) is 9.97. The predicted molar refractivity (Wildman–Crippen MR) is 66.4 cm³/mol. The van der Waals surface area contributed by atoms with Crippen LogP contribution >= 0.6 is 27.5 Å². The molecule has 0 aliphatic carbocycles. The molecule has 0 saturated heterocycles. The van der Waals surface area contributed by atoms with Gasteiger partial charge in [0.25, 0.3) is 0 Å². The minimum atomic E-state index is 0.721. The first-order chi connectivity index (χ1) is 7.27. The molecule has 0 aliphatic heterocycles. The summed E-state index contributed by atoms with van der Waals surface area (Å²) in [6.07, 6.45) is 0. The van der Waals surface area contributed by atoms with Gasteiger partial charge >= 0.3 is 0 Å². The Balaban J connectivity index is 2.67. The normalized spacial score (nSPS) is 11.3. The van der Waals surface area contributed by atoms with Gasteiger partial charge in [0.15, 0.2) is 0 Å². The molecule has 0 unspecified atom stereocenters. The SMILES string of the molecule is Clc1cccc2oc3cccc(Br)c3c12. The van der Waals surface area contributed by atoms with Crippen LogP contribution in [-0.2, 0) is 0 Å². The van der Waals surface area contributed by atoms with Gasteiger partial charge in [0.1, 0.15) is 11.2 Å². The Kier molecular flexibility index (Phi) is 2.01. The topological polar surface area (TPSA) is 13.1 Å². The van der Waals surface area contributed by atoms with Crippen molar-refractivity contribution in [3.05, 3.63) is 45.9 Å². The molecule has 0 aliphatic rings. The summed E-state index contributed by atoms with van der Waals surface area (Å²) in [6, 6.07) is 11.6. The lowest BCUT2D eigenvalue weighted by atomic mass is 10.1. The summed E-state index contributed by atoms with van der Waals surface area (Å²) in [5, 5.41) is 2.73. The van der Waals surface area contributed by atoms with Crippen LogP contribution in [0.1, 0.15) is 0 Å². The fraction of sp³-hybridized carbons (Fsp3) is 0. The van der Waals surface area contributed by atoms with Crippen molar-refractivity contribution >= 4 is 49.5 Å². The van der Waals surface area contributed by atoms with Gasteiger partial charge in [-0.15, -0.1) is 0 Å². The Morgan fingerprint density at radius 1 is 0.933 bits per heavy atom. The summed E-state index contributed by atoms with van der Waals surface area (Å²) in [6.45, 7) is 0. The fourth-order valence-electron chi connectivity index (χ4n) is 1.78. The quantitative estimate of drug-likeness (QED) is 0.565. The van der Waals surface area contributed by atoms with Crippen molar-refractivity contribution in [1.82, 2.24) is 0 Å². The van der Waals surface area contributed by atoms with Crippen LogP contribution in [0.15, 0.2) is 45.3 Å². The second-order valence-corrected chi connectivity index (χ2v) is 4.59. The van der Waals surface area contributed by atoms with Crippen molar-refractivity contribution in [3.63, 3.8) is 0 Å². The summed E-state index contributed by atoms with van der Waals surface area (Å²) in [5.74, 6) is 0. The van der Waals surface area contributed by atoms with Crippen LogP contribution in [-0.4, -0.2) is 0 Å². The highest BCUT2D eigenvalue weighted by Crippen LogP contribution is 2.37. The van der Waals surface area contributed by atoms with Gasteiger partial charge in [0, 0.05) is 15.2 Å². The molecule has 0 radical (unpaired) electrons. The van der Waals surface area contributed by atoms with E-state index in [2.05, 4.69) is 15.9 Å². The number of furan rings is 1. The van der Waals surface area contributed by atoms with Gasteiger partial charge in [-0.25, -0.2) is 0 Å². The van der Waals surface area contributed by atoms with Crippen LogP contribution in [0.5, 0.6) is 0 Å². The Morgan fingerprint density at radius 3 is 2.40 bits per heavy atom. The number of hydrogen-bond acceptors (Lipinski definition) is 1. The maximum Gasteiger partial charge on any atom is 0.136 e. The molecule has 0 spiro atoms. The first-order valence-electron chi connectivity index (χ1n) is 4.52. The average Bonchev–Trinajstić information content (AvgIpc) is 2.58. The lowest BCUT2D eigenvalue weighted by Gasteiger charge is -1.94. The van der Waals surface area contributed by atoms with Crippen molar-refractivity contribution in [2.45, 2.75) is 0 Å². The molecular weight excluding hydrogens is 275 g/mol. The summed E-state index contributed by atoms with van der Waals surface area (Å²) in [7, 11) is 0. The van der Waals surface area contributed by atoms with Crippen molar-refractivity contribution in [2.75, 3.05) is 0 Å². The molecule has 0 N–H and O–H groups in total. The monoisotopic (exact) mass is 280 g/mol. The molecule has 0 amide bonds. The van der Waals surface area contributed by atoms with Gasteiger partial charge in [-0.3, -0.25) is 0 Å². The van der Waals surface area contributed by atoms with Crippen molar-refractivity contribution in [3.8, 4) is 0 Å². The Morgan fingerprint density at radius 2 is 1.60 bits per heavy atom. The van der Waals surface area contributed by atoms with Crippen molar-refractivity contribution < 1.29 is 4.42 Å². The van der Waals surface area contributed by atoms with Gasteiger partial charge in [-0.1, -0.05) is 39.7 Å². The van der Waals surface area contributed by atoms with Crippen LogP contribution in [0.2, 0.25) is 5.02 Å². The summed E-state index contributed by atoms with van der Waals surface area (Å²) < 4.78 is 6.71. The van der Waals surface area contributed by atoms with E-state index in [1.807, 2.05) is 36.4 Å². The minimum absolute atomic E-state index is 0.721. The second kappa shape index (κ2) is 3.26. The van der Waals surface area contributed by atoms with Crippen LogP contribution in [0.4, 0.5) is 0 Å².